The summed E-state index contributed by atoms with van der Waals surface area (Å²) in [6.45, 7) is 12.6. The highest BCUT2D eigenvalue weighted by Crippen LogP contribution is 2.15. The lowest BCUT2D eigenvalue weighted by Crippen LogP contribution is -2.57. The van der Waals surface area contributed by atoms with Crippen LogP contribution in [-0.2, 0) is 14.3 Å². The van der Waals surface area contributed by atoms with Crippen LogP contribution in [0.25, 0.3) is 0 Å². The Hall–Kier alpha value is -1.46. The predicted molar refractivity (Wildman–Crippen MR) is 73.1 cm³/mol. The maximum absolute atomic E-state index is 12.4. The molecule has 1 heterocycles. The Morgan fingerprint density at radius 2 is 2.21 bits per heavy atom. The Morgan fingerprint density at radius 3 is 2.74 bits per heavy atom. The summed E-state index contributed by atoms with van der Waals surface area (Å²) in [6.07, 6.45) is 2.55. The first-order valence-electron chi connectivity index (χ1n) is 6.55. The molecule has 0 aromatic rings. The number of rotatable bonds is 5. The molecule has 19 heavy (non-hydrogen) atoms. The fraction of sp³-hybridized carbons (Fsp3) is 0.571. The molecule has 1 saturated heterocycles. The van der Waals surface area contributed by atoms with Crippen molar-refractivity contribution in [3.63, 3.8) is 0 Å². The highest BCUT2D eigenvalue weighted by molar-refractivity contribution is 6.06. The second-order valence-electron chi connectivity index (χ2n) is 4.60. The Labute approximate surface area is 114 Å². The van der Waals surface area contributed by atoms with Gasteiger partial charge in [0.15, 0.2) is 0 Å². The molecule has 1 aliphatic heterocycles. The average Bonchev–Trinajstić information content (AvgIpc) is 2.41. The zero-order chi connectivity index (χ0) is 14.4. The number of carbonyl (C=O) groups is 2. The van der Waals surface area contributed by atoms with Gasteiger partial charge in [-0.2, -0.15) is 0 Å². The molecular weight excluding hydrogens is 244 g/mol. The van der Waals surface area contributed by atoms with Gasteiger partial charge in [0.1, 0.15) is 0 Å². The van der Waals surface area contributed by atoms with E-state index in [2.05, 4.69) is 13.2 Å². The molecule has 2 amide bonds. The summed E-state index contributed by atoms with van der Waals surface area (Å²) in [7, 11) is 0. The van der Waals surface area contributed by atoms with Gasteiger partial charge in [-0.25, -0.2) is 10.0 Å². The van der Waals surface area contributed by atoms with E-state index in [-0.39, 0.29) is 11.9 Å². The summed E-state index contributed by atoms with van der Waals surface area (Å²) in [4.78, 5) is 24.3. The first kappa shape index (κ1) is 15.6. The van der Waals surface area contributed by atoms with Crippen LogP contribution in [0.15, 0.2) is 24.8 Å². The van der Waals surface area contributed by atoms with E-state index in [1.54, 1.807) is 5.01 Å². The lowest BCUT2D eigenvalue weighted by molar-refractivity contribution is -0.172. The lowest BCUT2D eigenvalue weighted by Gasteiger charge is -2.39. The summed E-state index contributed by atoms with van der Waals surface area (Å²) in [5, 5.41) is 2.88. The van der Waals surface area contributed by atoms with Crippen LogP contribution in [0.5, 0.6) is 0 Å². The summed E-state index contributed by atoms with van der Waals surface area (Å²) < 4.78 is 5.32. The molecule has 0 bridgehead atoms. The minimum atomic E-state index is -0.420. The van der Waals surface area contributed by atoms with Crippen LogP contribution in [0.2, 0.25) is 0 Å². The van der Waals surface area contributed by atoms with Crippen molar-refractivity contribution in [1.82, 2.24) is 10.0 Å². The Morgan fingerprint density at radius 1 is 1.53 bits per heavy atom. The van der Waals surface area contributed by atoms with E-state index in [1.165, 1.54) is 0 Å². The van der Waals surface area contributed by atoms with Crippen molar-refractivity contribution in [2.45, 2.75) is 32.7 Å². The first-order valence-corrected chi connectivity index (χ1v) is 6.55. The molecular formula is C14H22N2O3. The summed E-state index contributed by atoms with van der Waals surface area (Å²) in [5.41, 5.74) is 0.441. The molecule has 5 nitrogen and oxygen atoms in total. The standard InChI is InChI=1S/C14H22N2O3/c1-5-7-11(3)14(18)16(13(17)6-2)15-8-9-19-10-12(15)4/h6,12H,2-3,5,7-10H2,1,4H3. The van der Waals surface area contributed by atoms with Gasteiger partial charge in [0.25, 0.3) is 11.8 Å². The van der Waals surface area contributed by atoms with Crippen molar-refractivity contribution in [3.05, 3.63) is 24.8 Å². The Bertz CT molecular complexity index is 379. The van der Waals surface area contributed by atoms with E-state index in [9.17, 15) is 9.59 Å². The third-order valence-electron chi connectivity index (χ3n) is 3.02. The fourth-order valence-corrected chi connectivity index (χ4v) is 2.00. The zero-order valence-corrected chi connectivity index (χ0v) is 11.7. The van der Waals surface area contributed by atoms with E-state index in [0.29, 0.717) is 31.8 Å². The quantitative estimate of drug-likeness (QED) is 0.708. The molecule has 1 fully saturated rings. The van der Waals surface area contributed by atoms with Gasteiger partial charge in [0.05, 0.1) is 19.3 Å². The van der Waals surface area contributed by atoms with E-state index in [4.69, 9.17) is 4.74 Å². The third kappa shape index (κ3) is 3.75. The zero-order valence-electron chi connectivity index (χ0n) is 11.7. The molecule has 0 saturated carbocycles. The third-order valence-corrected chi connectivity index (χ3v) is 3.02. The Kier molecular flexibility index (Phi) is 5.92. The van der Waals surface area contributed by atoms with E-state index < -0.39 is 5.91 Å². The molecule has 0 radical (unpaired) electrons. The van der Waals surface area contributed by atoms with E-state index >= 15 is 0 Å². The molecule has 1 unspecified atom stereocenters. The van der Waals surface area contributed by atoms with Crippen molar-refractivity contribution in [2.24, 2.45) is 0 Å². The second-order valence-corrected chi connectivity index (χ2v) is 4.60. The summed E-state index contributed by atoms with van der Waals surface area (Å²) in [5.74, 6) is -0.767. The van der Waals surface area contributed by atoms with Crippen LogP contribution in [0, 0.1) is 0 Å². The molecule has 1 atom stereocenters. The smallest absolute Gasteiger partial charge is 0.270 e. The van der Waals surface area contributed by atoms with Crippen LogP contribution in [-0.4, -0.2) is 47.6 Å². The molecule has 0 aromatic carbocycles. The maximum Gasteiger partial charge on any atom is 0.270 e. The van der Waals surface area contributed by atoms with Gasteiger partial charge < -0.3 is 4.74 Å². The van der Waals surface area contributed by atoms with Gasteiger partial charge in [-0.05, 0) is 19.4 Å². The van der Waals surface area contributed by atoms with Crippen LogP contribution >= 0.6 is 0 Å². The van der Waals surface area contributed by atoms with Crippen LogP contribution < -0.4 is 0 Å². The van der Waals surface area contributed by atoms with Crippen molar-refractivity contribution < 1.29 is 14.3 Å². The number of carbonyl (C=O) groups excluding carboxylic acids is 2. The molecule has 1 rings (SSSR count). The van der Waals surface area contributed by atoms with Gasteiger partial charge in [-0.3, -0.25) is 9.59 Å². The maximum atomic E-state index is 12.4. The van der Waals surface area contributed by atoms with Gasteiger partial charge in [-0.15, -0.1) is 0 Å². The number of imide groups is 1. The van der Waals surface area contributed by atoms with Crippen LogP contribution in [0.4, 0.5) is 0 Å². The summed E-state index contributed by atoms with van der Waals surface area (Å²) >= 11 is 0. The normalized spacial score (nSPS) is 19.8. The summed E-state index contributed by atoms with van der Waals surface area (Å²) in [6, 6.07) is -0.0315. The van der Waals surface area contributed by atoms with Gasteiger partial charge in [0, 0.05) is 12.1 Å². The van der Waals surface area contributed by atoms with Gasteiger partial charge in [-0.1, -0.05) is 26.5 Å². The second kappa shape index (κ2) is 7.21. The minimum Gasteiger partial charge on any atom is -0.378 e. The number of morpholine rings is 1. The largest absolute Gasteiger partial charge is 0.378 e. The fourth-order valence-electron chi connectivity index (χ4n) is 2.00. The molecule has 5 heteroatoms. The van der Waals surface area contributed by atoms with Crippen molar-refractivity contribution >= 4 is 11.8 Å². The van der Waals surface area contributed by atoms with Gasteiger partial charge >= 0.3 is 0 Å². The molecule has 0 aromatic heterocycles. The van der Waals surface area contributed by atoms with Crippen LogP contribution in [0.1, 0.15) is 26.7 Å². The topological polar surface area (TPSA) is 49.9 Å². The number of amides is 2. The lowest BCUT2D eigenvalue weighted by atomic mass is 10.1. The number of hydrogen-bond acceptors (Lipinski definition) is 4. The number of hydrazine groups is 1. The predicted octanol–water partition coefficient (Wildman–Crippen LogP) is 1.52. The van der Waals surface area contributed by atoms with E-state index in [0.717, 1.165) is 17.5 Å². The SMILES string of the molecule is C=CC(=O)N(C(=O)C(=C)CCC)N1CCOCC1C. The molecule has 106 valence electrons. The van der Waals surface area contributed by atoms with Crippen LogP contribution in [0.3, 0.4) is 0 Å². The first-order chi connectivity index (χ1) is 9.02. The molecule has 1 aliphatic rings. The van der Waals surface area contributed by atoms with Crippen molar-refractivity contribution in [3.8, 4) is 0 Å². The average molecular weight is 266 g/mol. The number of ether oxygens (including phenoxy) is 1. The minimum absolute atomic E-state index is 0.0315. The Balaban J connectivity index is 2.93. The highest BCUT2D eigenvalue weighted by Gasteiger charge is 2.32. The van der Waals surface area contributed by atoms with Crippen molar-refractivity contribution in [2.75, 3.05) is 19.8 Å². The molecule has 0 N–H and O–H groups in total. The highest BCUT2D eigenvalue weighted by atomic mass is 16.5. The molecule has 0 aliphatic carbocycles. The van der Waals surface area contributed by atoms with Gasteiger partial charge in [0.2, 0.25) is 0 Å². The monoisotopic (exact) mass is 266 g/mol. The van der Waals surface area contributed by atoms with Crippen molar-refractivity contribution in [1.29, 1.82) is 0 Å². The number of nitrogens with zero attached hydrogens (tertiary/aromatic N) is 2. The van der Waals surface area contributed by atoms with E-state index in [1.807, 2.05) is 13.8 Å². The molecule has 0 spiro atoms. The number of hydrogen-bond donors (Lipinski definition) is 0.